The number of rotatable bonds is 3. The van der Waals surface area contributed by atoms with E-state index < -0.39 is 0 Å². The van der Waals surface area contributed by atoms with Gasteiger partial charge in [-0.15, -0.1) is 10.2 Å². The van der Waals surface area contributed by atoms with Gasteiger partial charge in [0.1, 0.15) is 11.6 Å². The first-order chi connectivity index (χ1) is 7.84. The average Bonchev–Trinajstić information content (AvgIpc) is 2.92. The molecule has 0 radical (unpaired) electrons. The van der Waals surface area contributed by atoms with Crippen molar-refractivity contribution < 1.29 is 0 Å². The third-order valence-electron chi connectivity index (χ3n) is 3.57. The fourth-order valence-electron chi connectivity index (χ4n) is 2.72. The molecular weight excluding hydrogens is 202 g/mol. The lowest BCUT2D eigenvalue weighted by molar-refractivity contribution is 0.448. The minimum atomic E-state index is 0.309. The standard InChI is InChI=1S/C11H19N5/c1-8(13-9-4-5-12-7-9)11-15-14-10-3-2-6-16(10)11/h8-9,12-13H,2-7H2,1H3. The Balaban J connectivity index is 1.71. The quantitative estimate of drug-likeness (QED) is 0.767. The maximum absolute atomic E-state index is 4.31. The highest BCUT2D eigenvalue weighted by Crippen LogP contribution is 2.19. The molecule has 88 valence electrons. The summed E-state index contributed by atoms with van der Waals surface area (Å²) in [6, 6.07) is 0.897. The second-order valence-electron chi connectivity index (χ2n) is 4.81. The van der Waals surface area contributed by atoms with E-state index in [1.807, 2.05) is 0 Å². The van der Waals surface area contributed by atoms with E-state index in [9.17, 15) is 0 Å². The maximum atomic E-state index is 4.31. The molecule has 0 saturated carbocycles. The van der Waals surface area contributed by atoms with Crippen molar-refractivity contribution in [3.63, 3.8) is 0 Å². The molecule has 1 saturated heterocycles. The molecule has 2 atom stereocenters. The second kappa shape index (κ2) is 4.14. The third-order valence-corrected chi connectivity index (χ3v) is 3.57. The van der Waals surface area contributed by atoms with Crippen LogP contribution in [0.4, 0.5) is 0 Å². The molecule has 5 nitrogen and oxygen atoms in total. The zero-order valence-electron chi connectivity index (χ0n) is 9.74. The summed E-state index contributed by atoms with van der Waals surface area (Å²) in [4.78, 5) is 0. The number of aryl methyl sites for hydroxylation is 1. The SMILES string of the molecule is CC(NC1CCNC1)c1nnc2n1CCC2. The summed E-state index contributed by atoms with van der Waals surface area (Å²) in [6.45, 7) is 5.48. The lowest BCUT2D eigenvalue weighted by atomic mass is 10.2. The van der Waals surface area contributed by atoms with Gasteiger partial charge in [0.05, 0.1) is 6.04 Å². The minimum absolute atomic E-state index is 0.309. The van der Waals surface area contributed by atoms with Crippen LogP contribution in [-0.4, -0.2) is 33.9 Å². The molecule has 1 aromatic rings. The lowest BCUT2D eigenvalue weighted by Crippen LogP contribution is -2.34. The largest absolute Gasteiger partial charge is 0.315 e. The van der Waals surface area contributed by atoms with E-state index in [4.69, 9.17) is 0 Å². The lowest BCUT2D eigenvalue weighted by Gasteiger charge is -2.18. The number of hydrogen-bond acceptors (Lipinski definition) is 4. The molecule has 0 bridgehead atoms. The van der Waals surface area contributed by atoms with Crippen LogP contribution in [0.25, 0.3) is 0 Å². The van der Waals surface area contributed by atoms with Crippen molar-refractivity contribution in [1.29, 1.82) is 0 Å². The fourth-order valence-corrected chi connectivity index (χ4v) is 2.72. The van der Waals surface area contributed by atoms with E-state index >= 15 is 0 Å². The number of hydrogen-bond donors (Lipinski definition) is 2. The smallest absolute Gasteiger partial charge is 0.149 e. The van der Waals surface area contributed by atoms with Crippen LogP contribution in [0, 0.1) is 0 Å². The minimum Gasteiger partial charge on any atom is -0.315 e. The van der Waals surface area contributed by atoms with Gasteiger partial charge in [-0.25, -0.2) is 0 Å². The maximum Gasteiger partial charge on any atom is 0.149 e. The molecule has 5 heteroatoms. The summed E-state index contributed by atoms with van der Waals surface area (Å²) in [5, 5.41) is 15.6. The van der Waals surface area contributed by atoms with E-state index in [1.165, 1.54) is 12.8 Å². The summed E-state index contributed by atoms with van der Waals surface area (Å²) in [5.41, 5.74) is 0. The molecule has 3 rings (SSSR count). The van der Waals surface area contributed by atoms with E-state index in [0.717, 1.165) is 37.7 Å². The molecule has 0 amide bonds. The summed E-state index contributed by atoms with van der Waals surface area (Å²) in [7, 11) is 0. The highest BCUT2D eigenvalue weighted by molar-refractivity contribution is 5.04. The van der Waals surface area contributed by atoms with Crippen LogP contribution in [0.5, 0.6) is 0 Å². The van der Waals surface area contributed by atoms with Crippen LogP contribution in [0.2, 0.25) is 0 Å². The molecule has 16 heavy (non-hydrogen) atoms. The van der Waals surface area contributed by atoms with Gasteiger partial charge in [0, 0.05) is 25.6 Å². The van der Waals surface area contributed by atoms with Crippen molar-refractivity contribution in [3.05, 3.63) is 11.6 Å². The Hall–Kier alpha value is -0.940. The van der Waals surface area contributed by atoms with Crippen LogP contribution in [-0.2, 0) is 13.0 Å². The van der Waals surface area contributed by atoms with Gasteiger partial charge in [-0.3, -0.25) is 0 Å². The van der Waals surface area contributed by atoms with Crippen molar-refractivity contribution in [2.45, 2.75) is 44.8 Å². The van der Waals surface area contributed by atoms with Crippen molar-refractivity contribution in [2.75, 3.05) is 13.1 Å². The summed E-state index contributed by atoms with van der Waals surface area (Å²) in [6.07, 6.45) is 3.52. The molecule has 0 aliphatic carbocycles. The van der Waals surface area contributed by atoms with E-state index in [2.05, 4.69) is 32.3 Å². The van der Waals surface area contributed by atoms with Crippen LogP contribution in [0.3, 0.4) is 0 Å². The summed E-state index contributed by atoms with van der Waals surface area (Å²) in [5.74, 6) is 2.27. The number of aromatic nitrogens is 3. The van der Waals surface area contributed by atoms with Crippen LogP contribution in [0.15, 0.2) is 0 Å². The fraction of sp³-hybridized carbons (Fsp3) is 0.818. The first kappa shape index (κ1) is 10.2. The molecule has 2 aliphatic heterocycles. The van der Waals surface area contributed by atoms with Gasteiger partial charge in [0.25, 0.3) is 0 Å². The summed E-state index contributed by atoms with van der Waals surface area (Å²) >= 11 is 0. The predicted molar refractivity (Wildman–Crippen MR) is 61.2 cm³/mol. The first-order valence-electron chi connectivity index (χ1n) is 6.23. The van der Waals surface area contributed by atoms with Crippen molar-refractivity contribution in [1.82, 2.24) is 25.4 Å². The van der Waals surface area contributed by atoms with Crippen molar-refractivity contribution in [2.24, 2.45) is 0 Å². The van der Waals surface area contributed by atoms with Crippen LogP contribution >= 0.6 is 0 Å². The zero-order chi connectivity index (χ0) is 11.0. The normalized spacial score (nSPS) is 25.9. The van der Waals surface area contributed by atoms with Gasteiger partial charge in [0.15, 0.2) is 0 Å². The Morgan fingerprint density at radius 3 is 3.25 bits per heavy atom. The van der Waals surface area contributed by atoms with Crippen LogP contribution < -0.4 is 10.6 Å². The molecule has 3 heterocycles. The van der Waals surface area contributed by atoms with E-state index in [1.54, 1.807) is 0 Å². The van der Waals surface area contributed by atoms with E-state index in [-0.39, 0.29) is 0 Å². The zero-order valence-corrected chi connectivity index (χ0v) is 9.74. The Bertz CT molecular complexity index is 366. The first-order valence-corrected chi connectivity index (χ1v) is 6.23. The Kier molecular flexibility index (Phi) is 2.65. The van der Waals surface area contributed by atoms with Gasteiger partial charge in [-0.2, -0.15) is 0 Å². The predicted octanol–water partition coefficient (Wildman–Crippen LogP) is 0.237. The van der Waals surface area contributed by atoms with Crippen LogP contribution in [0.1, 0.15) is 37.5 Å². The highest BCUT2D eigenvalue weighted by atomic mass is 15.3. The third kappa shape index (κ3) is 1.74. The summed E-state index contributed by atoms with van der Waals surface area (Å²) < 4.78 is 2.28. The van der Waals surface area contributed by atoms with E-state index in [0.29, 0.717) is 12.1 Å². The van der Waals surface area contributed by atoms with Gasteiger partial charge >= 0.3 is 0 Å². The second-order valence-corrected chi connectivity index (χ2v) is 4.81. The van der Waals surface area contributed by atoms with Crippen molar-refractivity contribution in [3.8, 4) is 0 Å². The molecule has 2 aliphatic rings. The molecule has 0 spiro atoms. The van der Waals surface area contributed by atoms with Gasteiger partial charge in [0.2, 0.25) is 0 Å². The number of fused-ring (bicyclic) bond motifs is 1. The number of nitrogens with zero attached hydrogens (tertiary/aromatic N) is 3. The Labute approximate surface area is 95.6 Å². The Morgan fingerprint density at radius 2 is 2.44 bits per heavy atom. The monoisotopic (exact) mass is 221 g/mol. The highest BCUT2D eigenvalue weighted by Gasteiger charge is 2.24. The van der Waals surface area contributed by atoms with Crippen molar-refractivity contribution >= 4 is 0 Å². The molecular formula is C11H19N5. The molecule has 2 N–H and O–H groups in total. The van der Waals surface area contributed by atoms with Gasteiger partial charge in [-0.05, 0) is 26.3 Å². The molecule has 0 aromatic carbocycles. The molecule has 1 aromatic heterocycles. The average molecular weight is 221 g/mol. The molecule has 2 unspecified atom stereocenters. The van der Waals surface area contributed by atoms with Gasteiger partial charge < -0.3 is 15.2 Å². The Morgan fingerprint density at radius 1 is 1.50 bits per heavy atom. The molecule has 1 fully saturated rings. The van der Waals surface area contributed by atoms with Gasteiger partial charge in [-0.1, -0.05) is 0 Å². The number of nitrogens with one attached hydrogen (secondary N) is 2. The topological polar surface area (TPSA) is 54.8 Å².